The zero-order chi connectivity index (χ0) is 18.2. The minimum Gasteiger partial charge on any atom is -0.465 e. The monoisotopic (exact) mass is 340 g/mol. The number of benzene rings is 2. The number of ether oxygens (including phenoxy) is 1. The maximum absolute atomic E-state index is 12.2. The van der Waals surface area contributed by atoms with E-state index < -0.39 is 5.97 Å². The molecule has 0 aliphatic carbocycles. The summed E-state index contributed by atoms with van der Waals surface area (Å²) in [6.45, 7) is 4.27. The highest BCUT2D eigenvalue weighted by Crippen LogP contribution is 2.16. The molecule has 5 heteroatoms. The Balaban J connectivity index is 1.93. The fourth-order valence-corrected chi connectivity index (χ4v) is 2.48. The molecule has 5 nitrogen and oxygen atoms in total. The van der Waals surface area contributed by atoms with Crippen molar-refractivity contribution < 1.29 is 14.3 Å². The summed E-state index contributed by atoms with van der Waals surface area (Å²) in [5.74, 6) is -0.693. The summed E-state index contributed by atoms with van der Waals surface area (Å²) < 4.78 is 4.73. The van der Waals surface area contributed by atoms with Gasteiger partial charge in [-0.15, -0.1) is 0 Å². The first-order chi connectivity index (χ1) is 12.0. The lowest BCUT2D eigenvalue weighted by atomic mass is 10.1. The second-order valence-corrected chi connectivity index (χ2v) is 5.78. The number of methoxy groups -OCH3 is 1. The Morgan fingerprint density at radius 3 is 2.40 bits per heavy atom. The number of anilines is 1. The van der Waals surface area contributed by atoms with Gasteiger partial charge in [0.25, 0.3) is 0 Å². The van der Waals surface area contributed by atoms with Crippen molar-refractivity contribution in [1.82, 2.24) is 5.32 Å². The topological polar surface area (TPSA) is 67.4 Å². The van der Waals surface area contributed by atoms with Crippen molar-refractivity contribution >= 4 is 17.6 Å². The molecule has 1 atom stereocenters. The van der Waals surface area contributed by atoms with Gasteiger partial charge < -0.3 is 15.4 Å². The molecule has 2 N–H and O–H groups in total. The number of carbonyl (C=O) groups excluding carboxylic acids is 2. The van der Waals surface area contributed by atoms with Crippen LogP contribution in [0.4, 0.5) is 5.69 Å². The first kappa shape index (κ1) is 18.7. The highest BCUT2D eigenvalue weighted by Gasteiger charge is 2.14. The van der Waals surface area contributed by atoms with Crippen LogP contribution < -0.4 is 10.6 Å². The lowest BCUT2D eigenvalue weighted by Crippen LogP contribution is -2.30. The number of aryl methyl sites for hydroxylation is 1. The van der Waals surface area contributed by atoms with Crippen LogP contribution in [-0.2, 0) is 16.0 Å². The van der Waals surface area contributed by atoms with Gasteiger partial charge in [0.05, 0.1) is 24.9 Å². The van der Waals surface area contributed by atoms with Crippen molar-refractivity contribution in [2.24, 2.45) is 0 Å². The molecular weight excluding hydrogens is 316 g/mol. The summed E-state index contributed by atoms with van der Waals surface area (Å²) >= 11 is 0. The fraction of sp³-hybridized carbons (Fsp3) is 0.300. The van der Waals surface area contributed by atoms with Crippen LogP contribution in [0.3, 0.4) is 0 Å². The minimum absolute atomic E-state index is 0.0486. The third-order valence-corrected chi connectivity index (χ3v) is 4.06. The Hall–Kier alpha value is -2.66. The molecule has 0 fully saturated rings. The van der Waals surface area contributed by atoms with Gasteiger partial charge in [0.1, 0.15) is 0 Å². The molecule has 0 saturated carbocycles. The second kappa shape index (κ2) is 8.99. The summed E-state index contributed by atoms with van der Waals surface area (Å²) in [7, 11) is 1.31. The third-order valence-electron chi connectivity index (χ3n) is 4.06. The van der Waals surface area contributed by atoms with Gasteiger partial charge in [-0.25, -0.2) is 4.79 Å². The maximum Gasteiger partial charge on any atom is 0.339 e. The van der Waals surface area contributed by atoms with E-state index in [0.29, 0.717) is 11.3 Å². The second-order valence-electron chi connectivity index (χ2n) is 5.78. The van der Waals surface area contributed by atoms with Crippen LogP contribution in [-0.4, -0.2) is 25.5 Å². The molecule has 1 amide bonds. The van der Waals surface area contributed by atoms with Crippen molar-refractivity contribution in [3.8, 4) is 0 Å². The number of para-hydroxylation sites is 1. The highest BCUT2D eigenvalue weighted by molar-refractivity contribution is 6.01. The number of esters is 1. The molecule has 132 valence electrons. The first-order valence-corrected chi connectivity index (χ1v) is 8.34. The van der Waals surface area contributed by atoms with Crippen molar-refractivity contribution in [3.05, 3.63) is 65.2 Å². The average molecular weight is 340 g/mol. The molecular formula is C20H24N2O3. The average Bonchev–Trinajstić information content (AvgIpc) is 2.66. The van der Waals surface area contributed by atoms with Crippen LogP contribution in [0.5, 0.6) is 0 Å². The van der Waals surface area contributed by atoms with Crippen LogP contribution in [0.25, 0.3) is 0 Å². The van der Waals surface area contributed by atoms with Gasteiger partial charge in [-0.3, -0.25) is 4.79 Å². The van der Waals surface area contributed by atoms with Crippen molar-refractivity contribution in [2.45, 2.75) is 26.3 Å². The summed E-state index contributed by atoms with van der Waals surface area (Å²) in [4.78, 5) is 23.9. The van der Waals surface area contributed by atoms with Gasteiger partial charge in [-0.2, -0.15) is 0 Å². The Morgan fingerprint density at radius 2 is 1.76 bits per heavy atom. The Morgan fingerprint density at radius 1 is 1.08 bits per heavy atom. The van der Waals surface area contributed by atoms with E-state index in [4.69, 9.17) is 4.74 Å². The Kier molecular flexibility index (Phi) is 6.71. The number of amides is 1. The molecule has 0 radical (unpaired) electrons. The van der Waals surface area contributed by atoms with Gasteiger partial charge in [0.15, 0.2) is 0 Å². The SMILES string of the molecule is CCc1ccc(C(C)NCC(=O)Nc2ccccc2C(=O)OC)cc1. The highest BCUT2D eigenvalue weighted by atomic mass is 16.5. The number of nitrogens with one attached hydrogen (secondary N) is 2. The molecule has 2 aromatic carbocycles. The van der Waals surface area contributed by atoms with E-state index >= 15 is 0 Å². The summed E-state index contributed by atoms with van der Waals surface area (Å²) in [5.41, 5.74) is 3.19. The van der Waals surface area contributed by atoms with Gasteiger partial charge in [-0.05, 0) is 36.6 Å². The van der Waals surface area contributed by atoms with E-state index in [0.717, 1.165) is 12.0 Å². The van der Waals surface area contributed by atoms with E-state index in [-0.39, 0.29) is 18.5 Å². The summed E-state index contributed by atoms with van der Waals surface area (Å²) in [6, 6.07) is 15.2. The fourth-order valence-electron chi connectivity index (χ4n) is 2.48. The van der Waals surface area contributed by atoms with Gasteiger partial charge >= 0.3 is 5.97 Å². The number of carbonyl (C=O) groups is 2. The normalized spacial score (nSPS) is 11.6. The number of hydrogen-bond acceptors (Lipinski definition) is 4. The largest absolute Gasteiger partial charge is 0.465 e. The van der Waals surface area contributed by atoms with Crippen LogP contribution in [0.1, 0.15) is 41.4 Å². The Labute approximate surface area is 148 Å². The number of rotatable bonds is 7. The molecule has 0 heterocycles. The molecule has 0 spiro atoms. The predicted molar refractivity (Wildman–Crippen MR) is 98.6 cm³/mol. The molecule has 2 aromatic rings. The van der Waals surface area contributed by atoms with E-state index in [1.807, 2.05) is 6.92 Å². The lowest BCUT2D eigenvalue weighted by Gasteiger charge is -2.15. The van der Waals surface area contributed by atoms with E-state index in [2.05, 4.69) is 41.8 Å². The molecule has 0 aromatic heterocycles. The van der Waals surface area contributed by atoms with Gasteiger partial charge in [0, 0.05) is 6.04 Å². The van der Waals surface area contributed by atoms with Crippen molar-refractivity contribution in [3.63, 3.8) is 0 Å². The molecule has 0 aliphatic rings. The predicted octanol–water partition coefficient (Wildman–Crippen LogP) is 3.32. The number of hydrogen-bond donors (Lipinski definition) is 2. The van der Waals surface area contributed by atoms with Crippen LogP contribution in [0, 0.1) is 0 Å². The quantitative estimate of drug-likeness (QED) is 0.759. The van der Waals surface area contributed by atoms with E-state index in [9.17, 15) is 9.59 Å². The smallest absolute Gasteiger partial charge is 0.339 e. The zero-order valence-electron chi connectivity index (χ0n) is 14.8. The molecule has 0 saturated heterocycles. The van der Waals surface area contributed by atoms with Crippen molar-refractivity contribution in [1.29, 1.82) is 0 Å². The van der Waals surface area contributed by atoms with E-state index in [1.165, 1.54) is 12.7 Å². The summed E-state index contributed by atoms with van der Waals surface area (Å²) in [6.07, 6.45) is 1.00. The third kappa shape index (κ3) is 5.16. The van der Waals surface area contributed by atoms with Crippen LogP contribution >= 0.6 is 0 Å². The van der Waals surface area contributed by atoms with Crippen molar-refractivity contribution in [2.75, 3.05) is 19.0 Å². The van der Waals surface area contributed by atoms with Gasteiger partial charge in [-0.1, -0.05) is 43.3 Å². The maximum atomic E-state index is 12.2. The van der Waals surface area contributed by atoms with Crippen LogP contribution in [0.15, 0.2) is 48.5 Å². The molecule has 0 aliphatic heterocycles. The minimum atomic E-state index is -0.478. The Bertz CT molecular complexity index is 726. The van der Waals surface area contributed by atoms with Crippen LogP contribution in [0.2, 0.25) is 0 Å². The first-order valence-electron chi connectivity index (χ1n) is 8.34. The molecule has 2 rings (SSSR count). The van der Waals surface area contributed by atoms with E-state index in [1.54, 1.807) is 24.3 Å². The lowest BCUT2D eigenvalue weighted by molar-refractivity contribution is -0.115. The molecule has 1 unspecified atom stereocenters. The molecule has 0 bridgehead atoms. The van der Waals surface area contributed by atoms with Gasteiger partial charge in [0.2, 0.25) is 5.91 Å². The zero-order valence-corrected chi connectivity index (χ0v) is 14.8. The standard InChI is InChI=1S/C20H24N2O3/c1-4-15-9-11-16(12-10-15)14(2)21-13-19(23)22-18-8-6-5-7-17(18)20(24)25-3/h5-12,14,21H,4,13H2,1-3H3,(H,22,23). The molecule has 25 heavy (non-hydrogen) atoms. The summed E-state index contributed by atoms with van der Waals surface area (Å²) in [5, 5.41) is 5.94.